The van der Waals surface area contributed by atoms with Crippen LogP contribution >= 0.6 is 59.0 Å². The Morgan fingerprint density at radius 3 is 2.00 bits per heavy atom. The molecular weight excluding hydrogens is 688 g/mol. The van der Waals surface area contributed by atoms with E-state index in [4.69, 9.17) is 7.57 Å². The molecule has 33 heavy (non-hydrogen) atoms. The molecule has 2 radical (unpaired) electrons. The quantitative estimate of drug-likeness (QED) is 0.100. The molecule has 0 saturated carbocycles. The molecule has 15 heteroatoms. The predicted octanol–water partition coefficient (Wildman–Crippen LogP) is 0.565. The molecule has 180 valence electrons. The molecule has 1 aliphatic rings. The highest BCUT2D eigenvalue weighted by Crippen LogP contribution is 2.42. The topological polar surface area (TPSA) is 109 Å². The number of hydrogen-bond donors (Lipinski definition) is 5. The highest BCUT2D eigenvalue weighted by Gasteiger charge is 2.21. The Hall–Kier alpha value is 0.0899. The van der Waals surface area contributed by atoms with Gasteiger partial charge in [-0.2, -0.15) is 9.12 Å². The maximum atomic E-state index is 10.3. The van der Waals surface area contributed by atoms with Crippen LogP contribution in [-0.4, -0.2) is 104 Å². The van der Waals surface area contributed by atoms with Gasteiger partial charge < -0.3 is 25.7 Å². The first-order valence-corrected chi connectivity index (χ1v) is 16.8. The van der Waals surface area contributed by atoms with E-state index in [2.05, 4.69) is 68.7 Å². The van der Waals surface area contributed by atoms with Gasteiger partial charge in [-0.05, 0) is 6.07 Å². The van der Waals surface area contributed by atoms with Gasteiger partial charge in [-0.15, -0.1) is 22.4 Å². The zero-order chi connectivity index (χ0) is 24.1. The van der Waals surface area contributed by atoms with E-state index in [1.54, 1.807) is 10.6 Å². The summed E-state index contributed by atoms with van der Waals surface area (Å²) in [6.07, 6.45) is 0. The third-order valence-corrected chi connectivity index (χ3v) is 9.23. The second-order valence-electron chi connectivity index (χ2n) is 7.94. The maximum Gasteiger partial charge on any atom is 0.278 e. The molecule has 9 nitrogen and oxygen atoms in total. The van der Waals surface area contributed by atoms with Crippen molar-refractivity contribution >= 4 is 81.6 Å². The molecule has 0 spiro atoms. The molecule has 0 aliphatic carbocycles. The Morgan fingerprint density at radius 1 is 0.909 bits per heavy atom. The lowest BCUT2D eigenvalue weighted by Crippen LogP contribution is -2.48. The molecule has 2 aromatic rings. The Bertz CT molecular complexity index is 924. The Labute approximate surface area is 226 Å². The molecule has 0 bridgehead atoms. The van der Waals surface area contributed by atoms with Gasteiger partial charge >= 0.3 is 0 Å². The number of nitrogens with one attached hydrogen (secondary N) is 1. The highest BCUT2D eigenvalue weighted by molar-refractivity contribution is 14.2. The third-order valence-electron chi connectivity index (χ3n) is 5.85. The van der Waals surface area contributed by atoms with Gasteiger partial charge in [-0.3, -0.25) is 18.9 Å². The van der Waals surface area contributed by atoms with E-state index in [9.17, 15) is 20.4 Å². The molecule has 5 N–H and O–H groups in total. The molecule has 1 fully saturated rings. The Balaban J connectivity index is 1.33. The lowest BCUT2D eigenvalue weighted by atomic mass is 9.97. The molecule has 3 heterocycles. The maximum absolute atomic E-state index is 10.3. The molecule has 2 unspecified atom stereocenters. The summed E-state index contributed by atoms with van der Waals surface area (Å²) in [6, 6.07) is 3.16. The van der Waals surface area contributed by atoms with E-state index >= 15 is 0 Å². The number of hydrogen-bond acceptors (Lipinski definition) is 7. The lowest BCUT2D eigenvalue weighted by molar-refractivity contribution is 0.128. The number of aromatic hydroxyl groups is 4. The average molecular weight is 717 g/mol. The minimum atomic E-state index is -0.987. The SMILES string of the molecule is [B]P(I)c1cc(O)n(CCNCCN2CCN(CCn3c(O)cc(B(P)I)c3O)CC2)c1O. The van der Waals surface area contributed by atoms with Crippen molar-refractivity contribution in [3.8, 4) is 23.5 Å². The van der Waals surface area contributed by atoms with Gasteiger partial charge in [-0.25, -0.2) is 0 Å². The van der Waals surface area contributed by atoms with Gasteiger partial charge in [0, 0.05) is 82.3 Å². The van der Waals surface area contributed by atoms with Gasteiger partial charge in [0.25, 0.3) is 4.29 Å². The van der Waals surface area contributed by atoms with E-state index < -0.39 is 5.44 Å². The standard InChI is InChI=1S/C18H29B2I2N5O4P2/c19-33(22)14-12-16(29)26(18(14)31)4-2-23-1-3-24-5-7-25(8-6-24)9-10-27-15(28)11-13(17(27)30)20(21)32/h11-12,23,28-31H,1-10,32H2. The van der Waals surface area contributed by atoms with Crippen LogP contribution in [0.3, 0.4) is 0 Å². The van der Waals surface area contributed by atoms with Crippen LogP contribution in [0.5, 0.6) is 23.5 Å². The number of nitrogens with zero attached hydrogens (tertiary/aromatic N) is 4. The summed E-state index contributed by atoms with van der Waals surface area (Å²) in [5, 5.41) is 44.6. The molecular formula is C18H29B2I2N5O4P2. The first kappa shape index (κ1) is 27.7. The summed E-state index contributed by atoms with van der Waals surface area (Å²) in [5.41, 5.74) is -0.257. The Kier molecular flexibility index (Phi) is 10.8. The monoisotopic (exact) mass is 717 g/mol. The van der Waals surface area contributed by atoms with Crippen molar-refractivity contribution in [2.24, 2.45) is 0 Å². The first-order valence-electron chi connectivity index (χ1n) is 10.7. The molecule has 1 saturated heterocycles. The summed E-state index contributed by atoms with van der Waals surface area (Å²) in [5.74, 6) is 0.333. The number of rotatable bonds is 11. The summed E-state index contributed by atoms with van der Waals surface area (Å²) in [7, 11) is 8.48. The van der Waals surface area contributed by atoms with Crippen molar-refractivity contribution in [1.29, 1.82) is 0 Å². The Morgan fingerprint density at radius 2 is 1.45 bits per heavy atom. The van der Waals surface area contributed by atoms with Crippen LogP contribution in [0.1, 0.15) is 0 Å². The van der Waals surface area contributed by atoms with Gasteiger partial charge in [0.05, 0.1) is 0 Å². The van der Waals surface area contributed by atoms with Crippen molar-refractivity contribution in [2.75, 3.05) is 52.4 Å². The fraction of sp³-hybridized carbons (Fsp3) is 0.556. The zero-order valence-corrected chi connectivity index (χ0v) is 24.6. The van der Waals surface area contributed by atoms with Crippen LogP contribution in [0.15, 0.2) is 12.1 Å². The molecule has 1 aliphatic heterocycles. The van der Waals surface area contributed by atoms with Crippen molar-refractivity contribution in [1.82, 2.24) is 24.3 Å². The highest BCUT2D eigenvalue weighted by atomic mass is 127. The summed E-state index contributed by atoms with van der Waals surface area (Å²) >= 11 is 4.26. The summed E-state index contributed by atoms with van der Waals surface area (Å²) < 4.78 is 3.10. The van der Waals surface area contributed by atoms with Crippen LogP contribution in [0.4, 0.5) is 0 Å². The lowest BCUT2D eigenvalue weighted by Gasteiger charge is -2.34. The van der Waals surface area contributed by atoms with E-state index in [0.29, 0.717) is 24.9 Å². The molecule has 0 aromatic carbocycles. The van der Waals surface area contributed by atoms with E-state index in [-0.39, 0.29) is 27.8 Å². The van der Waals surface area contributed by atoms with E-state index in [1.807, 2.05) is 0 Å². The second-order valence-corrected chi connectivity index (χ2v) is 15.5. The van der Waals surface area contributed by atoms with E-state index in [1.165, 1.54) is 10.6 Å². The summed E-state index contributed by atoms with van der Waals surface area (Å²) in [4.78, 5) is 4.75. The fourth-order valence-corrected chi connectivity index (χ4v) is 6.21. The zero-order valence-electron chi connectivity index (χ0n) is 18.2. The largest absolute Gasteiger partial charge is 0.495 e. The van der Waals surface area contributed by atoms with Crippen LogP contribution in [0.25, 0.3) is 0 Å². The van der Waals surface area contributed by atoms with E-state index in [0.717, 1.165) is 51.3 Å². The minimum Gasteiger partial charge on any atom is -0.495 e. The van der Waals surface area contributed by atoms with Crippen LogP contribution in [0.2, 0.25) is 0 Å². The predicted molar refractivity (Wildman–Crippen MR) is 157 cm³/mol. The normalized spacial score (nSPS) is 16.3. The summed E-state index contributed by atoms with van der Waals surface area (Å²) in [6.45, 7) is 8.02. The first-order chi connectivity index (χ1) is 15.7. The van der Waals surface area contributed by atoms with Crippen LogP contribution < -0.4 is 16.1 Å². The number of halogens is 2. The van der Waals surface area contributed by atoms with Crippen molar-refractivity contribution in [2.45, 2.75) is 13.1 Å². The van der Waals surface area contributed by atoms with Gasteiger partial charge in [-0.1, -0.05) is 27.5 Å². The van der Waals surface area contributed by atoms with Gasteiger partial charge in [0.1, 0.15) is 7.57 Å². The molecule has 2 atom stereocenters. The molecule has 0 amide bonds. The van der Waals surface area contributed by atoms with Crippen molar-refractivity contribution in [3.63, 3.8) is 0 Å². The molecule has 2 aromatic heterocycles. The van der Waals surface area contributed by atoms with Gasteiger partial charge in [0.15, 0.2) is 17.6 Å². The fourth-order valence-electron chi connectivity index (χ4n) is 3.89. The average Bonchev–Trinajstić information content (AvgIpc) is 3.22. The van der Waals surface area contributed by atoms with Crippen molar-refractivity contribution in [3.05, 3.63) is 12.1 Å². The second kappa shape index (κ2) is 12.9. The smallest absolute Gasteiger partial charge is 0.278 e. The minimum absolute atomic E-state index is 0.0375. The van der Waals surface area contributed by atoms with Crippen LogP contribution in [0, 0.1) is 0 Å². The van der Waals surface area contributed by atoms with Crippen LogP contribution in [-0.2, 0) is 13.1 Å². The van der Waals surface area contributed by atoms with Crippen molar-refractivity contribution < 1.29 is 20.4 Å². The third kappa shape index (κ3) is 7.30. The molecule has 3 rings (SSSR count). The van der Waals surface area contributed by atoms with Gasteiger partial charge in [0.2, 0.25) is 5.88 Å². The number of aromatic nitrogens is 2. The number of piperazine rings is 1.